The second-order valence-electron chi connectivity index (χ2n) is 3.22. The summed E-state index contributed by atoms with van der Waals surface area (Å²) in [5, 5.41) is 0.399. The number of halogens is 1. The molecule has 0 unspecified atom stereocenters. The number of ether oxygens (including phenoxy) is 1. The van der Waals surface area contributed by atoms with Crippen LogP contribution in [-0.2, 0) is 0 Å². The third kappa shape index (κ3) is 2.23. The average molecular weight is 235 g/mol. The maximum Gasteiger partial charge on any atom is 0.166 e. The van der Waals surface area contributed by atoms with Crippen molar-refractivity contribution < 1.29 is 4.74 Å². The Kier molecular flexibility index (Phi) is 2.92. The first-order valence-corrected chi connectivity index (χ1v) is 5.00. The molecule has 1 aromatic heterocycles. The zero-order valence-corrected chi connectivity index (χ0v) is 9.32. The van der Waals surface area contributed by atoms with Crippen molar-refractivity contribution >= 4 is 17.3 Å². The van der Waals surface area contributed by atoms with Gasteiger partial charge in [-0.1, -0.05) is 11.6 Å². The topological polar surface area (TPSA) is 58.8 Å². The lowest BCUT2D eigenvalue weighted by Gasteiger charge is -2.08. The van der Waals surface area contributed by atoms with Gasteiger partial charge in [-0.2, -0.15) is 0 Å². The number of rotatable bonds is 2. The van der Waals surface area contributed by atoms with Gasteiger partial charge >= 0.3 is 0 Å². The minimum atomic E-state index is 0.346. The normalized spacial score (nSPS) is 10.1. The summed E-state index contributed by atoms with van der Waals surface area (Å²) in [7, 11) is 0. The summed E-state index contributed by atoms with van der Waals surface area (Å²) in [5.74, 6) is 1.05. The highest BCUT2D eigenvalue weighted by molar-refractivity contribution is 6.32. The zero-order chi connectivity index (χ0) is 11.5. The summed E-state index contributed by atoms with van der Waals surface area (Å²) in [6.07, 6.45) is 3.03. The van der Waals surface area contributed by atoms with Crippen LogP contribution < -0.4 is 10.5 Å². The molecule has 81 valence electrons. The number of nitrogens with one attached hydrogen (secondary N) is 1. The number of hydrogen-bond acceptors (Lipinski definition) is 3. The Bertz CT molecular complexity index is 516. The molecule has 2 rings (SSSR count). The van der Waals surface area contributed by atoms with E-state index in [9.17, 15) is 0 Å². The summed E-state index contributed by atoms with van der Waals surface area (Å²) >= 11 is 5.95. The van der Waals surface area contributed by atoms with Gasteiger partial charge in [0.15, 0.2) is 5.75 Å². The van der Waals surface area contributed by atoms with Gasteiger partial charge in [-0.3, -0.25) is 0 Å². The molecule has 1 aromatic carbocycles. The van der Waals surface area contributed by atoms with Crippen LogP contribution >= 0.6 is 11.6 Å². The lowest BCUT2D eigenvalue weighted by Crippen LogP contribution is -1.91. The summed E-state index contributed by atoms with van der Waals surface area (Å²) in [6, 6.07) is 4.79. The van der Waals surface area contributed by atoms with Crippen LogP contribution in [0.15, 0.2) is 30.7 Å². The summed E-state index contributed by atoms with van der Waals surface area (Å²) in [4.78, 5) is 7.88. The van der Waals surface area contributed by atoms with Crippen molar-refractivity contribution in [3.8, 4) is 11.5 Å². The highest BCUT2D eigenvalue weighted by atomic mass is 35.5. The van der Waals surface area contributed by atoms with Crippen molar-refractivity contribution in [3.05, 3.63) is 41.4 Å². The van der Waals surface area contributed by atoms with E-state index in [1.54, 1.807) is 18.3 Å². The van der Waals surface area contributed by atoms with Crippen LogP contribution in [-0.4, -0.2) is 9.97 Å². The van der Waals surface area contributed by atoms with E-state index >= 15 is 0 Å². The van der Waals surface area contributed by atoms with Crippen LogP contribution in [0.3, 0.4) is 0 Å². The van der Waals surface area contributed by atoms with E-state index < -0.39 is 0 Å². The molecule has 0 aliphatic rings. The second-order valence-corrected chi connectivity index (χ2v) is 3.63. The SMILES string of the molecule is Cc1ncncc1Oc1ccc([NH])cc1Cl. The first-order valence-electron chi connectivity index (χ1n) is 4.62. The van der Waals surface area contributed by atoms with Crippen molar-refractivity contribution in [3.63, 3.8) is 0 Å². The molecular weight excluding hydrogens is 226 g/mol. The molecule has 1 N–H and O–H groups in total. The van der Waals surface area contributed by atoms with Crippen molar-refractivity contribution in [2.75, 3.05) is 0 Å². The Labute approximate surface area is 98.0 Å². The molecule has 0 aliphatic carbocycles. The van der Waals surface area contributed by atoms with Crippen LogP contribution in [0, 0.1) is 6.92 Å². The number of benzene rings is 1. The Balaban J connectivity index is 2.31. The molecule has 0 atom stereocenters. The van der Waals surface area contributed by atoms with Gasteiger partial charge in [0.25, 0.3) is 0 Å². The molecule has 0 spiro atoms. The predicted molar refractivity (Wildman–Crippen MR) is 61.1 cm³/mol. The molecule has 0 aliphatic heterocycles. The van der Waals surface area contributed by atoms with E-state index in [2.05, 4.69) is 9.97 Å². The van der Waals surface area contributed by atoms with Crippen LogP contribution in [0.25, 0.3) is 0 Å². The maximum atomic E-state index is 7.39. The Morgan fingerprint density at radius 1 is 1.31 bits per heavy atom. The van der Waals surface area contributed by atoms with E-state index in [0.29, 0.717) is 22.2 Å². The fraction of sp³-hybridized carbons (Fsp3) is 0.0909. The molecule has 2 aromatic rings. The van der Waals surface area contributed by atoms with E-state index in [1.165, 1.54) is 12.4 Å². The minimum absolute atomic E-state index is 0.346. The molecule has 5 heteroatoms. The number of nitrogens with zero attached hydrogens (tertiary/aromatic N) is 2. The first kappa shape index (κ1) is 10.7. The summed E-state index contributed by atoms with van der Waals surface area (Å²) < 4.78 is 5.55. The molecule has 0 saturated heterocycles. The van der Waals surface area contributed by atoms with Gasteiger partial charge < -0.3 is 10.5 Å². The van der Waals surface area contributed by atoms with E-state index in [-0.39, 0.29) is 0 Å². The molecule has 0 bridgehead atoms. The predicted octanol–water partition coefficient (Wildman–Crippen LogP) is 3.15. The third-order valence-corrected chi connectivity index (χ3v) is 2.31. The molecule has 1 radical (unpaired) electrons. The van der Waals surface area contributed by atoms with E-state index in [4.69, 9.17) is 22.1 Å². The fourth-order valence-corrected chi connectivity index (χ4v) is 1.40. The summed E-state index contributed by atoms with van der Waals surface area (Å²) in [6.45, 7) is 1.82. The smallest absolute Gasteiger partial charge is 0.166 e. The minimum Gasteiger partial charge on any atom is -0.452 e. The van der Waals surface area contributed by atoms with Gasteiger partial charge in [-0.25, -0.2) is 9.97 Å². The van der Waals surface area contributed by atoms with Gasteiger partial charge in [0.2, 0.25) is 0 Å². The highest BCUT2D eigenvalue weighted by Crippen LogP contribution is 2.31. The van der Waals surface area contributed by atoms with E-state index in [1.807, 2.05) is 6.92 Å². The standard InChI is InChI=1S/C11H9ClN3O/c1-7-11(5-14-6-15-7)16-10-3-2-8(13)4-9(10)12/h2-6,13H,1H3. The van der Waals surface area contributed by atoms with Crippen LogP contribution in [0.5, 0.6) is 11.5 Å². The molecule has 4 nitrogen and oxygen atoms in total. The number of aromatic nitrogens is 2. The molecular formula is C11H9ClN3O. The van der Waals surface area contributed by atoms with Crippen LogP contribution in [0.4, 0.5) is 5.69 Å². The van der Waals surface area contributed by atoms with Gasteiger partial charge in [-0.05, 0) is 25.1 Å². The Morgan fingerprint density at radius 3 is 2.81 bits per heavy atom. The van der Waals surface area contributed by atoms with Crippen LogP contribution in [0.1, 0.15) is 5.69 Å². The lowest BCUT2D eigenvalue weighted by atomic mass is 10.3. The molecule has 0 amide bonds. The molecule has 16 heavy (non-hydrogen) atoms. The summed E-state index contributed by atoms with van der Waals surface area (Å²) in [5.41, 5.74) is 8.47. The Hall–Kier alpha value is -1.81. The van der Waals surface area contributed by atoms with Gasteiger partial charge in [0.05, 0.1) is 22.6 Å². The molecule has 0 saturated carbocycles. The first-order chi connectivity index (χ1) is 7.66. The monoisotopic (exact) mass is 234 g/mol. The average Bonchev–Trinajstić information content (AvgIpc) is 2.25. The van der Waals surface area contributed by atoms with Crippen molar-refractivity contribution in [2.24, 2.45) is 0 Å². The molecule has 1 heterocycles. The van der Waals surface area contributed by atoms with Gasteiger partial charge in [0, 0.05) is 0 Å². The molecule has 0 fully saturated rings. The number of hydrogen-bond donors (Lipinski definition) is 0. The largest absolute Gasteiger partial charge is 0.452 e. The second kappa shape index (κ2) is 4.37. The quantitative estimate of drug-likeness (QED) is 0.802. The Morgan fingerprint density at radius 2 is 2.12 bits per heavy atom. The fourth-order valence-electron chi connectivity index (χ4n) is 1.18. The maximum absolute atomic E-state index is 7.39. The number of aryl methyl sites for hydroxylation is 1. The van der Waals surface area contributed by atoms with Crippen molar-refractivity contribution in [1.29, 1.82) is 0 Å². The highest BCUT2D eigenvalue weighted by Gasteiger charge is 2.06. The van der Waals surface area contributed by atoms with E-state index in [0.717, 1.165) is 5.69 Å². The van der Waals surface area contributed by atoms with Gasteiger partial charge in [-0.15, -0.1) is 0 Å². The van der Waals surface area contributed by atoms with Gasteiger partial charge in [0.1, 0.15) is 12.1 Å². The zero-order valence-electron chi connectivity index (χ0n) is 8.57. The van der Waals surface area contributed by atoms with Crippen molar-refractivity contribution in [2.45, 2.75) is 6.92 Å². The van der Waals surface area contributed by atoms with Crippen LogP contribution in [0.2, 0.25) is 5.02 Å². The third-order valence-electron chi connectivity index (χ3n) is 2.02. The van der Waals surface area contributed by atoms with Crippen molar-refractivity contribution in [1.82, 2.24) is 15.7 Å². The lowest BCUT2D eigenvalue weighted by molar-refractivity contribution is 0.473.